The number of aliphatic carboxylic acids is 1. The molecule has 0 saturated heterocycles. The Balaban J connectivity index is 2.01. The number of amides is 2. The molecule has 49 heavy (non-hydrogen) atoms. The number of carbonyl (C=O) groups is 3. The first-order valence-corrected chi connectivity index (χ1v) is 20.8. The van der Waals surface area contributed by atoms with Crippen LogP contribution in [0.15, 0.2) is 60.8 Å². The van der Waals surface area contributed by atoms with Crippen LogP contribution in [-0.4, -0.2) is 78.7 Å². The SMILES string of the molecule is CC(C)(C)C(c1cc(-c2cc(F)ccc2F)cn1Cc1ccccc1)N(CCCNC(=O)OCC[Si](C)(C)C)C(=O)CNC(CS)C(=O)O. The van der Waals surface area contributed by atoms with Gasteiger partial charge in [0.05, 0.1) is 19.2 Å². The highest BCUT2D eigenvalue weighted by molar-refractivity contribution is 7.80. The van der Waals surface area contributed by atoms with Crippen molar-refractivity contribution < 1.29 is 33.0 Å². The highest BCUT2D eigenvalue weighted by Crippen LogP contribution is 2.41. The molecule has 2 atom stereocenters. The largest absolute Gasteiger partial charge is 0.480 e. The number of hydrogen-bond acceptors (Lipinski definition) is 6. The van der Waals surface area contributed by atoms with Crippen LogP contribution in [0.1, 0.15) is 44.5 Å². The van der Waals surface area contributed by atoms with Crippen LogP contribution in [0.2, 0.25) is 25.7 Å². The number of rotatable bonds is 17. The highest BCUT2D eigenvalue weighted by atomic mass is 32.1. The zero-order valence-corrected chi connectivity index (χ0v) is 31.2. The number of benzene rings is 2. The van der Waals surface area contributed by atoms with E-state index in [1.54, 1.807) is 17.2 Å². The molecule has 0 bridgehead atoms. The Hall–Kier alpha value is -3.68. The fourth-order valence-corrected chi connectivity index (χ4v) is 6.49. The summed E-state index contributed by atoms with van der Waals surface area (Å²) < 4.78 is 36.7. The predicted octanol–water partition coefficient (Wildman–Crippen LogP) is 6.82. The summed E-state index contributed by atoms with van der Waals surface area (Å²) >= 11 is 4.12. The van der Waals surface area contributed by atoms with Gasteiger partial charge in [-0.1, -0.05) is 70.7 Å². The molecule has 1 aromatic heterocycles. The van der Waals surface area contributed by atoms with Crippen molar-refractivity contribution in [3.05, 3.63) is 83.7 Å². The molecule has 0 saturated carbocycles. The average Bonchev–Trinajstić information content (AvgIpc) is 3.41. The highest BCUT2D eigenvalue weighted by Gasteiger charge is 2.37. The van der Waals surface area contributed by atoms with Crippen LogP contribution in [-0.2, 0) is 20.9 Å². The predicted molar refractivity (Wildman–Crippen MR) is 195 cm³/mol. The van der Waals surface area contributed by atoms with Gasteiger partial charge in [-0.25, -0.2) is 13.6 Å². The topological polar surface area (TPSA) is 113 Å². The molecule has 9 nitrogen and oxygen atoms in total. The number of thiol groups is 1. The first-order valence-electron chi connectivity index (χ1n) is 16.5. The Morgan fingerprint density at radius 2 is 1.76 bits per heavy atom. The van der Waals surface area contributed by atoms with Gasteiger partial charge >= 0.3 is 12.1 Å². The van der Waals surface area contributed by atoms with Gasteiger partial charge in [0.1, 0.15) is 17.7 Å². The molecule has 3 aromatic rings. The Kier molecular flexibility index (Phi) is 14.5. The Morgan fingerprint density at radius 3 is 2.37 bits per heavy atom. The third-order valence-electron chi connectivity index (χ3n) is 8.01. The second-order valence-electron chi connectivity index (χ2n) is 14.4. The van der Waals surface area contributed by atoms with E-state index in [1.807, 2.05) is 55.7 Å². The molecule has 13 heteroatoms. The number of nitrogens with one attached hydrogen (secondary N) is 2. The fourth-order valence-electron chi connectivity index (χ4n) is 5.49. The number of carboxylic acid groups (broad SMARTS) is 1. The molecule has 3 N–H and O–H groups in total. The van der Waals surface area contributed by atoms with E-state index in [1.165, 1.54) is 0 Å². The molecule has 0 aliphatic heterocycles. The van der Waals surface area contributed by atoms with Crippen molar-refractivity contribution in [2.24, 2.45) is 5.41 Å². The summed E-state index contributed by atoms with van der Waals surface area (Å²) in [5, 5.41) is 15.1. The molecule has 0 aliphatic rings. The molecular weight excluding hydrogens is 667 g/mol. The second-order valence-corrected chi connectivity index (χ2v) is 20.4. The van der Waals surface area contributed by atoms with Gasteiger partial charge in [-0.05, 0) is 47.7 Å². The summed E-state index contributed by atoms with van der Waals surface area (Å²) in [6.45, 7) is 13.4. The third kappa shape index (κ3) is 12.3. The summed E-state index contributed by atoms with van der Waals surface area (Å²) in [5.41, 5.74) is 1.61. The van der Waals surface area contributed by atoms with Crippen LogP contribution in [0, 0.1) is 17.0 Å². The fraction of sp³-hybridized carbons (Fsp3) is 0.472. The van der Waals surface area contributed by atoms with E-state index in [0.717, 1.165) is 29.8 Å². The number of hydrogen-bond donors (Lipinski definition) is 4. The van der Waals surface area contributed by atoms with Gasteiger partial charge in [0, 0.05) is 56.5 Å². The van der Waals surface area contributed by atoms with Gasteiger partial charge in [-0.2, -0.15) is 12.6 Å². The lowest BCUT2D eigenvalue weighted by molar-refractivity contribution is -0.139. The van der Waals surface area contributed by atoms with Crippen molar-refractivity contribution >= 4 is 38.7 Å². The zero-order chi connectivity index (χ0) is 36.4. The first kappa shape index (κ1) is 39.8. The summed E-state index contributed by atoms with van der Waals surface area (Å²) in [4.78, 5) is 39.8. The van der Waals surface area contributed by atoms with E-state index < -0.39 is 49.3 Å². The first-order chi connectivity index (χ1) is 23.0. The maximum Gasteiger partial charge on any atom is 0.407 e. The summed E-state index contributed by atoms with van der Waals surface area (Å²) in [6.07, 6.45) is 1.61. The number of carboxylic acids is 1. The molecule has 3 rings (SSSR count). The van der Waals surface area contributed by atoms with E-state index in [4.69, 9.17) is 4.74 Å². The molecule has 1 heterocycles. The monoisotopic (exact) mass is 716 g/mol. The molecule has 0 fully saturated rings. The molecule has 2 unspecified atom stereocenters. The van der Waals surface area contributed by atoms with E-state index in [0.29, 0.717) is 30.8 Å². The molecule has 2 aromatic carbocycles. The number of carbonyl (C=O) groups excluding carboxylic acids is 2. The smallest absolute Gasteiger partial charge is 0.407 e. The van der Waals surface area contributed by atoms with E-state index >= 15 is 4.39 Å². The second kappa shape index (κ2) is 17.8. The Morgan fingerprint density at radius 1 is 1.06 bits per heavy atom. The molecule has 0 aliphatic carbocycles. The average molecular weight is 717 g/mol. The van der Waals surface area contributed by atoms with Crippen molar-refractivity contribution in [3.8, 4) is 11.1 Å². The molecule has 0 radical (unpaired) electrons. The third-order valence-corrected chi connectivity index (χ3v) is 10.1. The van der Waals surface area contributed by atoms with Crippen LogP contribution in [0.4, 0.5) is 13.6 Å². The van der Waals surface area contributed by atoms with Gasteiger partial charge in [-0.15, -0.1) is 0 Å². The van der Waals surface area contributed by atoms with Crippen molar-refractivity contribution in [1.29, 1.82) is 0 Å². The Bertz CT molecular complexity index is 1560. The number of ether oxygens (including phenoxy) is 1. The quantitative estimate of drug-likeness (QED) is 0.0693. The van der Waals surface area contributed by atoms with E-state index in [9.17, 15) is 23.9 Å². The normalized spacial score (nSPS) is 13.1. The van der Waals surface area contributed by atoms with Crippen molar-refractivity contribution in [1.82, 2.24) is 20.1 Å². The minimum Gasteiger partial charge on any atom is -0.480 e. The van der Waals surface area contributed by atoms with E-state index in [2.05, 4.69) is 42.9 Å². The summed E-state index contributed by atoms with van der Waals surface area (Å²) in [5.74, 6) is -2.66. The lowest BCUT2D eigenvalue weighted by Gasteiger charge is -2.41. The van der Waals surface area contributed by atoms with Gasteiger partial charge in [0.15, 0.2) is 0 Å². The van der Waals surface area contributed by atoms with Crippen LogP contribution >= 0.6 is 12.6 Å². The maximum absolute atomic E-state index is 15.1. The number of alkyl carbamates (subject to hydrolysis) is 1. The zero-order valence-electron chi connectivity index (χ0n) is 29.3. The molecular formula is C36H50F2N4O5SSi. The minimum atomic E-state index is -1.37. The van der Waals surface area contributed by atoms with Crippen LogP contribution in [0.25, 0.3) is 11.1 Å². The van der Waals surface area contributed by atoms with E-state index in [-0.39, 0.29) is 36.9 Å². The molecule has 2 amide bonds. The molecule has 0 spiro atoms. The number of halogens is 2. The van der Waals surface area contributed by atoms with Crippen LogP contribution in [0.5, 0.6) is 0 Å². The van der Waals surface area contributed by atoms with Gasteiger partial charge < -0.3 is 24.6 Å². The number of nitrogens with zero attached hydrogens (tertiary/aromatic N) is 2. The van der Waals surface area contributed by atoms with Crippen LogP contribution in [0.3, 0.4) is 0 Å². The van der Waals surface area contributed by atoms with Crippen molar-refractivity contribution in [2.45, 2.75) is 71.5 Å². The lowest BCUT2D eigenvalue weighted by Crippen LogP contribution is -2.49. The van der Waals surface area contributed by atoms with Crippen molar-refractivity contribution in [2.75, 3.05) is 32.0 Å². The van der Waals surface area contributed by atoms with Gasteiger partial charge in [-0.3, -0.25) is 14.9 Å². The minimum absolute atomic E-state index is 0.0163. The Labute approximate surface area is 294 Å². The lowest BCUT2D eigenvalue weighted by atomic mass is 9.82. The standard InChI is InChI=1S/C36H50F2N4O5SSi/c1-36(2,3)33(31-19-26(28-20-27(37)13-14-29(28)38)23-41(31)22-25-11-8-7-9-12-25)42(32(43)21-40-30(24-48)34(44)45)16-10-15-39-35(46)47-17-18-49(4,5)6/h7-9,11-14,19-20,23,30,33,40,48H,10,15-18,21-22,24H2,1-6H3,(H,39,46)(H,44,45). The van der Waals surface area contributed by atoms with Gasteiger partial charge in [0.25, 0.3) is 0 Å². The maximum atomic E-state index is 15.1. The summed E-state index contributed by atoms with van der Waals surface area (Å²) in [7, 11) is -1.37. The molecule has 268 valence electrons. The van der Waals surface area contributed by atoms with Crippen LogP contribution < -0.4 is 10.6 Å². The summed E-state index contributed by atoms with van der Waals surface area (Å²) in [6, 6.07) is 14.0. The van der Waals surface area contributed by atoms with Crippen molar-refractivity contribution in [3.63, 3.8) is 0 Å². The number of aromatic nitrogens is 1. The van der Waals surface area contributed by atoms with Gasteiger partial charge in [0.2, 0.25) is 5.91 Å².